The summed E-state index contributed by atoms with van der Waals surface area (Å²) in [5.41, 5.74) is 3.38. The van der Waals surface area contributed by atoms with Gasteiger partial charge in [-0.25, -0.2) is 0 Å². The quantitative estimate of drug-likeness (QED) is 0.530. The minimum atomic E-state index is -2.03. The third-order valence-corrected chi connectivity index (χ3v) is 14.5. The SMILES string of the molecule is COc1ccc2c(c1)cc(B1OC(C)(C)C(C)(C)O1)n2[Si](C(C)C)(C(C)C)C(C)C. The molecular formula is C24H40BNO3Si. The first kappa shape index (κ1) is 23.4. The molecule has 6 heteroatoms. The predicted molar refractivity (Wildman–Crippen MR) is 131 cm³/mol. The molecule has 0 unspecified atom stereocenters. The topological polar surface area (TPSA) is 32.6 Å². The molecule has 166 valence electrons. The molecule has 0 bridgehead atoms. The molecule has 0 N–H and O–H groups in total. The van der Waals surface area contributed by atoms with Crippen molar-refractivity contribution in [3.05, 3.63) is 24.3 Å². The maximum Gasteiger partial charge on any atom is 0.511 e. The highest BCUT2D eigenvalue weighted by atomic mass is 28.3. The largest absolute Gasteiger partial charge is 0.511 e. The summed E-state index contributed by atoms with van der Waals surface area (Å²) in [6.45, 7) is 22.9. The molecule has 1 saturated heterocycles. The van der Waals surface area contributed by atoms with Crippen LogP contribution in [0.25, 0.3) is 10.9 Å². The molecule has 1 fully saturated rings. The van der Waals surface area contributed by atoms with Gasteiger partial charge in [0.25, 0.3) is 0 Å². The minimum Gasteiger partial charge on any atom is -0.497 e. The number of fused-ring (bicyclic) bond motifs is 1. The predicted octanol–water partition coefficient (Wildman–Crippen LogP) is 5.97. The van der Waals surface area contributed by atoms with Crippen LogP contribution in [-0.4, -0.2) is 37.9 Å². The van der Waals surface area contributed by atoms with E-state index in [0.29, 0.717) is 16.6 Å². The Balaban J connectivity index is 2.35. The number of benzene rings is 1. The summed E-state index contributed by atoms with van der Waals surface area (Å²) in [6.07, 6.45) is 0. The van der Waals surface area contributed by atoms with Crippen LogP contribution >= 0.6 is 0 Å². The summed E-state index contributed by atoms with van der Waals surface area (Å²) in [4.78, 5) is 0. The van der Waals surface area contributed by atoms with E-state index in [-0.39, 0.29) is 18.3 Å². The van der Waals surface area contributed by atoms with Crippen LogP contribution in [-0.2, 0) is 9.31 Å². The lowest BCUT2D eigenvalue weighted by Gasteiger charge is -2.46. The maximum absolute atomic E-state index is 6.56. The molecule has 2 aromatic rings. The Bertz CT molecular complexity index is 879. The molecule has 0 aliphatic carbocycles. The van der Waals surface area contributed by atoms with Gasteiger partial charge in [-0.1, -0.05) is 41.5 Å². The van der Waals surface area contributed by atoms with Gasteiger partial charge in [-0.15, -0.1) is 0 Å². The van der Waals surface area contributed by atoms with E-state index in [1.165, 1.54) is 10.9 Å². The van der Waals surface area contributed by atoms with Crippen molar-refractivity contribution in [2.24, 2.45) is 0 Å². The van der Waals surface area contributed by atoms with E-state index in [1.807, 2.05) is 0 Å². The van der Waals surface area contributed by atoms with Gasteiger partial charge >= 0.3 is 7.12 Å². The Morgan fingerprint density at radius 1 is 0.867 bits per heavy atom. The second-order valence-electron chi connectivity index (χ2n) is 10.8. The van der Waals surface area contributed by atoms with Crippen LogP contribution in [0.5, 0.6) is 5.75 Å². The Hall–Kier alpha value is -1.24. The van der Waals surface area contributed by atoms with Gasteiger partial charge in [0, 0.05) is 16.5 Å². The van der Waals surface area contributed by atoms with Gasteiger partial charge in [0.05, 0.1) is 18.3 Å². The number of methoxy groups -OCH3 is 1. The summed E-state index contributed by atoms with van der Waals surface area (Å²) in [5, 5.41) is 1.19. The number of aromatic nitrogens is 1. The Morgan fingerprint density at radius 2 is 1.37 bits per heavy atom. The van der Waals surface area contributed by atoms with Crippen LogP contribution in [0, 0.1) is 0 Å². The molecule has 1 aromatic heterocycles. The zero-order valence-corrected chi connectivity index (χ0v) is 21.8. The number of rotatable bonds is 6. The van der Waals surface area contributed by atoms with Gasteiger partial charge in [0.1, 0.15) is 5.75 Å². The van der Waals surface area contributed by atoms with Gasteiger partial charge in [-0.2, -0.15) is 0 Å². The smallest absolute Gasteiger partial charge is 0.497 e. The lowest BCUT2D eigenvalue weighted by molar-refractivity contribution is 0.00578. The van der Waals surface area contributed by atoms with Crippen LogP contribution in [0.4, 0.5) is 0 Å². The van der Waals surface area contributed by atoms with Crippen molar-refractivity contribution in [2.45, 2.75) is 97.1 Å². The molecule has 30 heavy (non-hydrogen) atoms. The molecule has 0 radical (unpaired) electrons. The lowest BCUT2D eigenvalue weighted by atomic mass is 9.85. The van der Waals surface area contributed by atoms with Crippen LogP contribution in [0.2, 0.25) is 16.6 Å². The Kier molecular flexibility index (Phi) is 6.03. The minimum absolute atomic E-state index is 0.367. The van der Waals surface area contributed by atoms with Crippen molar-refractivity contribution in [3.8, 4) is 5.75 Å². The molecule has 1 aliphatic heterocycles. The summed E-state index contributed by atoms with van der Waals surface area (Å²) >= 11 is 0. The van der Waals surface area contributed by atoms with Gasteiger partial charge in [-0.3, -0.25) is 0 Å². The summed E-state index contributed by atoms with van der Waals surface area (Å²) in [7, 11) is -0.686. The summed E-state index contributed by atoms with van der Waals surface area (Å²) in [5.74, 6) is 0.881. The van der Waals surface area contributed by atoms with Crippen molar-refractivity contribution < 1.29 is 14.0 Å². The lowest BCUT2D eigenvalue weighted by Crippen LogP contribution is -2.58. The zero-order chi connectivity index (χ0) is 22.6. The normalized spacial score (nSPS) is 18.9. The van der Waals surface area contributed by atoms with E-state index in [0.717, 1.165) is 11.3 Å². The maximum atomic E-state index is 6.56. The number of ether oxygens (including phenoxy) is 1. The average molecular weight is 429 g/mol. The van der Waals surface area contributed by atoms with E-state index in [9.17, 15) is 0 Å². The van der Waals surface area contributed by atoms with Crippen molar-refractivity contribution in [2.75, 3.05) is 7.11 Å². The van der Waals surface area contributed by atoms with Crippen LogP contribution < -0.4 is 10.3 Å². The number of nitrogens with zero attached hydrogens (tertiary/aromatic N) is 1. The van der Waals surface area contributed by atoms with Crippen molar-refractivity contribution >= 4 is 31.9 Å². The highest BCUT2D eigenvalue weighted by molar-refractivity contribution is 6.84. The van der Waals surface area contributed by atoms with E-state index in [2.05, 4.69) is 97.7 Å². The fraction of sp³-hybridized carbons (Fsp3) is 0.667. The molecule has 1 aliphatic rings. The standard InChI is InChI=1S/C24H40BNO3Si/c1-16(2)30(17(3)4,18(5)6)26-21-13-12-20(27-11)14-19(21)15-22(26)25-28-23(7,8)24(9,10)29-25/h12-18H,1-11H3. The second-order valence-corrected chi connectivity index (χ2v) is 16.5. The molecule has 3 rings (SSSR count). The van der Waals surface area contributed by atoms with E-state index < -0.39 is 8.24 Å². The van der Waals surface area contributed by atoms with Crippen molar-refractivity contribution in [1.82, 2.24) is 4.23 Å². The highest BCUT2D eigenvalue weighted by Crippen LogP contribution is 2.45. The Morgan fingerprint density at radius 3 is 1.80 bits per heavy atom. The van der Waals surface area contributed by atoms with E-state index >= 15 is 0 Å². The number of hydrogen-bond acceptors (Lipinski definition) is 3. The van der Waals surface area contributed by atoms with E-state index in [1.54, 1.807) is 7.11 Å². The fourth-order valence-corrected chi connectivity index (χ4v) is 12.5. The molecule has 0 atom stereocenters. The molecular weight excluding hydrogens is 389 g/mol. The molecule has 4 nitrogen and oxygen atoms in total. The Labute approximate surface area is 184 Å². The van der Waals surface area contributed by atoms with Gasteiger partial charge in [-0.05, 0) is 68.6 Å². The average Bonchev–Trinajstić information content (AvgIpc) is 3.08. The third kappa shape index (κ3) is 3.35. The molecule has 0 saturated carbocycles. The van der Waals surface area contributed by atoms with Crippen LogP contribution in [0.1, 0.15) is 69.2 Å². The molecule has 0 spiro atoms. The summed E-state index contributed by atoms with van der Waals surface area (Å²) in [6, 6.07) is 8.71. The first-order valence-electron chi connectivity index (χ1n) is 11.3. The molecule has 0 amide bonds. The first-order valence-corrected chi connectivity index (χ1v) is 13.5. The third-order valence-electron chi connectivity index (χ3n) is 7.69. The van der Waals surface area contributed by atoms with Crippen LogP contribution in [0.3, 0.4) is 0 Å². The second kappa shape index (κ2) is 7.72. The highest BCUT2D eigenvalue weighted by Gasteiger charge is 2.55. The fourth-order valence-electron chi connectivity index (χ4n) is 5.69. The van der Waals surface area contributed by atoms with Gasteiger partial charge in [0.2, 0.25) is 0 Å². The van der Waals surface area contributed by atoms with Gasteiger partial charge < -0.3 is 18.3 Å². The zero-order valence-electron chi connectivity index (χ0n) is 20.8. The summed E-state index contributed by atoms with van der Waals surface area (Å²) < 4.78 is 21.3. The van der Waals surface area contributed by atoms with Crippen molar-refractivity contribution in [1.29, 1.82) is 0 Å². The molecule has 2 heterocycles. The first-order chi connectivity index (χ1) is 13.8. The van der Waals surface area contributed by atoms with Crippen molar-refractivity contribution in [3.63, 3.8) is 0 Å². The van der Waals surface area contributed by atoms with Crippen LogP contribution in [0.15, 0.2) is 24.3 Å². The number of hydrogen-bond donors (Lipinski definition) is 0. The molecule has 1 aromatic carbocycles. The van der Waals surface area contributed by atoms with E-state index in [4.69, 9.17) is 14.0 Å². The monoisotopic (exact) mass is 429 g/mol. The van der Waals surface area contributed by atoms with Gasteiger partial charge in [0.15, 0.2) is 8.24 Å².